The van der Waals surface area contributed by atoms with Gasteiger partial charge in [-0.15, -0.1) is 0 Å². The quantitative estimate of drug-likeness (QED) is 0.696. The van der Waals surface area contributed by atoms with Crippen LogP contribution in [0.3, 0.4) is 0 Å². The third-order valence-electron chi connectivity index (χ3n) is 4.94. The molecule has 1 fully saturated rings. The Morgan fingerprint density at radius 3 is 2.63 bits per heavy atom. The third kappa shape index (κ3) is 3.80. The molecule has 1 aromatic heterocycles. The number of ether oxygens (including phenoxy) is 1. The second-order valence-electron chi connectivity index (χ2n) is 6.80. The topological polar surface area (TPSA) is 67.6 Å². The number of aliphatic carboxylic acids is 1. The molecule has 6 nitrogen and oxygen atoms in total. The Balaban J connectivity index is 1.65. The highest BCUT2D eigenvalue weighted by atomic mass is 16.5. The van der Waals surface area contributed by atoms with E-state index in [0.717, 1.165) is 42.0 Å². The van der Waals surface area contributed by atoms with E-state index in [1.807, 2.05) is 48.5 Å². The fourth-order valence-electron chi connectivity index (χ4n) is 3.64. The number of hydrogen-bond acceptors (Lipinski definition) is 4. The van der Waals surface area contributed by atoms with Gasteiger partial charge in [-0.3, -0.25) is 9.69 Å². The molecular weight excluding hydrogens is 342 g/mol. The highest BCUT2D eigenvalue weighted by Crippen LogP contribution is 2.32. The van der Waals surface area contributed by atoms with Crippen molar-refractivity contribution in [2.75, 3.05) is 26.2 Å². The molecule has 0 unspecified atom stereocenters. The molecule has 0 atom stereocenters. The maximum atomic E-state index is 11.4. The fraction of sp³-hybridized carbons (Fsp3) is 0.333. The predicted octanol–water partition coefficient (Wildman–Crippen LogP) is 3.26. The standard InChI is InChI=1S/C21H23N3O3/c25-20(26)15-24-18-9-3-2-8-17(18)22-21(24)16-7-1-4-10-19(16)27-14-13-23-11-5-6-12-23/h1-4,7-10H,5-6,11-15H2,(H,25,26). The number of para-hydroxylation sites is 3. The molecule has 2 heterocycles. The second-order valence-corrected chi connectivity index (χ2v) is 6.80. The van der Waals surface area contributed by atoms with Gasteiger partial charge in [0.25, 0.3) is 0 Å². The van der Waals surface area contributed by atoms with Crippen LogP contribution in [0.1, 0.15) is 12.8 Å². The van der Waals surface area contributed by atoms with Crippen molar-refractivity contribution in [2.24, 2.45) is 0 Å². The van der Waals surface area contributed by atoms with E-state index >= 15 is 0 Å². The van der Waals surface area contributed by atoms with E-state index in [-0.39, 0.29) is 6.54 Å². The first kappa shape index (κ1) is 17.5. The lowest BCUT2D eigenvalue weighted by Gasteiger charge is -2.16. The molecule has 0 radical (unpaired) electrons. The van der Waals surface area contributed by atoms with Gasteiger partial charge in [0.15, 0.2) is 0 Å². The summed E-state index contributed by atoms with van der Waals surface area (Å²) in [5.41, 5.74) is 2.40. The summed E-state index contributed by atoms with van der Waals surface area (Å²) in [5.74, 6) is 0.459. The zero-order valence-electron chi connectivity index (χ0n) is 15.2. The average Bonchev–Trinajstić information content (AvgIpc) is 3.30. The molecule has 4 rings (SSSR count). The molecule has 1 aliphatic rings. The molecule has 0 saturated carbocycles. The van der Waals surface area contributed by atoms with Crippen molar-refractivity contribution >= 4 is 17.0 Å². The number of rotatable bonds is 7. The van der Waals surface area contributed by atoms with Gasteiger partial charge in [0.2, 0.25) is 0 Å². The number of imidazole rings is 1. The van der Waals surface area contributed by atoms with Crippen LogP contribution >= 0.6 is 0 Å². The molecule has 6 heteroatoms. The van der Waals surface area contributed by atoms with Crippen LogP contribution in [0, 0.1) is 0 Å². The minimum absolute atomic E-state index is 0.141. The summed E-state index contributed by atoms with van der Waals surface area (Å²) < 4.78 is 7.80. The molecule has 0 spiro atoms. The number of benzene rings is 2. The molecule has 0 aliphatic carbocycles. The molecular formula is C21H23N3O3. The first-order valence-corrected chi connectivity index (χ1v) is 9.34. The SMILES string of the molecule is O=C(O)Cn1c(-c2ccccc2OCCN2CCCC2)nc2ccccc21. The van der Waals surface area contributed by atoms with Crippen molar-refractivity contribution in [3.63, 3.8) is 0 Å². The van der Waals surface area contributed by atoms with Crippen LogP contribution in [0.5, 0.6) is 5.75 Å². The maximum Gasteiger partial charge on any atom is 0.323 e. The predicted molar refractivity (Wildman–Crippen MR) is 104 cm³/mol. The van der Waals surface area contributed by atoms with E-state index in [9.17, 15) is 9.90 Å². The van der Waals surface area contributed by atoms with E-state index in [2.05, 4.69) is 4.90 Å². The smallest absolute Gasteiger partial charge is 0.323 e. The number of aromatic nitrogens is 2. The van der Waals surface area contributed by atoms with Gasteiger partial charge in [0.1, 0.15) is 24.7 Å². The number of carboxylic acid groups (broad SMARTS) is 1. The Hall–Kier alpha value is -2.86. The van der Waals surface area contributed by atoms with Crippen LogP contribution in [0.4, 0.5) is 0 Å². The Labute approximate surface area is 158 Å². The van der Waals surface area contributed by atoms with Gasteiger partial charge in [0.05, 0.1) is 16.6 Å². The summed E-state index contributed by atoms with van der Waals surface area (Å²) in [6.45, 7) is 3.65. The van der Waals surface area contributed by atoms with Crippen molar-refractivity contribution in [3.8, 4) is 17.1 Å². The van der Waals surface area contributed by atoms with Crippen molar-refractivity contribution < 1.29 is 14.6 Å². The lowest BCUT2D eigenvalue weighted by atomic mass is 10.2. The van der Waals surface area contributed by atoms with Crippen LogP contribution in [0.15, 0.2) is 48.5 Å². The third-order valence-corrected chi connectivity index (χ3v) is 4.94. The summed E-state index contributed by atoms with van der Waals surface area (Å²) >= 11 is 0. The Morgan fingerprint density at radius 2 is 1.81 bits per heavy atom. The number of carbonyl (C=O) groups is 1. The Kier molecular flexibility index (Phi) is 5.07. The number of carboxylic acids is 1. The first-order valence-electron chi connectivity index (χ1n) is 9.34. The molecule has 2 aromatic carbocycles. The van der Waals surface area contributed by atoms with E-state index in [1.54, 1.807) is 4.57 Å². The van der Waals surface area contributed by atoms with Crippen LogP contribution in [-0.2, 0) is 11.3 Å². The second kappa shape index (κ2) is 7.80. The van der Waals surface area contributed by atoms with Crippen molar-refractivity contribution in [1.29, 1.82) is 0 Å². The Morgan fingerprint density at radius 1 is 1.07 bits per heavy atom. The van der Waals surface area contributed by atoms with E-state index in [1.165, 1.54) is 12.8 Å². The summed E-state index contributed by atoms with van der Waals surface area (Å²) in [6, 6.07) is 15.3. The normalized spacial score (nSPS) is 14.7. The molecule has 1 saturated heterocycles. The Bertz CT molecular complexity index is 945. The van der Waals surface area contributed by atoms with Crippen LogP contribution < -0.4 is 4.74 Å². The molecule has 140 valence electrons. The van der Waals surface area contributed by atoms with Gasteiger partial charge in [0, 0.05) is 6.54 Å². The van der Waals surface area contributed by atoms with E-state index < -0.39 is 5.97 Å². The van der Waals surface area contributed by atoms with Crippen molar-refractivity contribution in [3.05, 3.63) is 48.5 Å². The first-order chi connectivity index (χ1) is 13.2. The summed E-state index contributed by atoms with van der Waals surface area (Å²) in [4.78, 5) is 18.5. The van der Waals surface area contributed by atoms with Gasteiger partial charge >= 0.3 is 5.97 Å². The van der Waals surface area contributed by atoms with Gasteiger partial charge in [-0.2, -0.15) is 0 Å². The molecule has 0 amide bonds. The zero-order valence-corrected chi connectivity index (χ0v) is 15.2. The number of likely N-dealkylation sites (tertiary alicyclic amines) is 1. The average molecular weight is 365 g/mol. The van der Waals surface area contributed by atoms with Crippen molar-refractivity contribution in [2.45, 2.75) is 19.4 Å². The highest BCUT2D eigenvalue weighted by molar-refractivity contribution is 5.83. The van der Waals surface area contributed by atoms with Gasteiger partial charge in [-0.1, -0.05) is 24.3 Å². The van der Waals surface area contributed by atoms with Crippen LogP contribution in [0.2, 0.25) is 0 Å². The summed E-state index contributed by atoms with van der Waals surface area (Å²) in [7, 11) is 0. The monoisotopic (exact) mass is 365 g/mol. The summed E-state index contributed by atoms with van der Waals surface area (Å²) in [5, 5.41) is 9.36. The minimum Gasteiger partial charge on any atom is -0.491 e. The molecule has 27 heavy (non-hydrogen) atoms. The van der Waals surface area contributed by atoms with Crippen LogP contribution in [0.25, 0.3) is 22.4 Å². The maximum absolute atomic E-state index is 11.4. The molecule has 1 aliphatic heterocycles. The minimum atomic E-state index is -0.896. The number of hydrogen-bond donors (Lipinski definition) is 1. The van der Waals surface area contributed by atoms with E-state index in [0.29, 0.717) is 12.4 Å². The summed E-state index contributed by atoms with van der Waals surface area (Å²) in [6.07, 6.45) is 2.52. The van der Waals surface area contributed by atoms with Gasteiger partial charge in [-0.25, -0.2) is 4.98 Å². The van der Waals surface area contributed by atoms with Crippen LogP contribution in [-0.4, -0.2) is 51.8 Å². The van der Waals surface area contributed by atoms with Gasteiger partial charge < -0.3 is 14.4 Å². The number of fused-ring (bicyclic) bond motifs is 1. The highest BCUT2D eigenvalue weighted by Gasteiger charge is 2.18. The molecule has 3 aromatic rings. The zero-order chi connectivity index (χ0) is 18.6. The lowest BCUT2D eigenvalue weighted by molar-refractivity contribution is -0.137. The largest absolute Gasteiger partial charge is 0.491 e. The van der Waals surface area contributed by atoms with E-state index in [4.69, 9.17) is 9.72 Å². The fourth-order valence-corrected chi connectivity index (χ4v) is 3.64. The molecule has 0 bridgehead atoms. The lowest BCUT2D eigenvalue weighted by Crippen LogP contribution is -2.25. The van der Waals surface area contributed by atoms with Gasteiger partial charge in [-0.05, 0) is 50.2 Å². The number of nitrogens with zero attached hydrogens (tertiary/aromatic N) is 3. The molecule has 1 N–H and O–H groups in total. The van der Waals surface area contributed by atoms with Crippen molar-refractivity contribution in [1.82, 2.24) is 14.5 Å².